The third-order valence-corrected chi connectivity index (χ3v) is 6.82. The van der Waals surface area contributed by atoms with Crippen LogP contribution in [0.25, 0.3) is 0 Å². The number of H-pyrrole nitrogens is 1. The summed E-state index contributed by atoms with van der Waals surface area (Å²) in [7, 11) is 0. The first kappa shape index (κ1) is 20.4. The Morgan fingerprint density at radius 2 is 2.39 bits per heavy atom. The summed E-state index contributed by atoms with van der Waals surface area (Å²) < 4.78 is 15.5. The number of nitrogens with zero attached hydrogens (tertiary/aromatic N) is 5. The first-order valence-corrected chi connectivity index (χ1v) is 9.80. The zero-order valence-corrected chi connectivity index (χ0v) is 16.6. The summed E-state index contributed by atoms with van der Waals surface area (Å²) >= 11 is 0. The molecule has 0 spiro atoms. The first-order valence-electron chi connectivity index (χ1n) is 9.80. The van der Waals surface area contributed by atoms with E-state index in [1.807, 2.05) is 16.8 Å². The zero-order chi connectivity index (χ0) is 20.4. The van der Waals surface area contributed by atoms with Gasteiger partial charge in [-0.15, -0.1) is 6.58 Å². The quantitative estimate of drug-likeness (QED) is 0.532. The fraction of sp³-hybridized carbons (Fsp3) is 0.737. The predicted molar refractivity (Wildman–Crippen MR) is 99.3 cm³/mol. The van der Waals surface area contributed by atoms with Crippen LogP contribution in [-0.2, 0) is 11.3 Å². The minimum Gasteiger partial charge on any atom is -0.323 e. The standard InChI is InChI=1S/C19H28FN7O/c1-4-19(22-11-17(28)27-12-15(20)9-16(27)10-21)7-5-14(18(19,2)3)6-8-26-13-23-24-25-26/h4,13-16,22H,1,5-9,11-12H2,2-3H3/p+1/t14-,15+,16+,19-/m1/s1. The van der Waals surface area contributed by atoms with Gasteiger partial charge in [0.15, 0.2) is 5.21 Å². The molecule has 1 amide bonds. The van der Waals surface area contributed by atoms with E-state index in [-0.39, 0.29) is 36.4 Å². The molecule has 2 fully saturated rings. The lowest BCUT2D eigenvalue weighted by Crippen LogP contribution is -2.56. The number of aromatic amines is 1. The van der Waals surface area contributed by atoms with Gasteiger partial charge in [0.1, 0.15) is 17.3 Å². The van der Waals surface area contributed by atoms with E-state index in [1.54, 1.807) is 6.33 Å². The molecule has 0 bridgehead atoms. The lowest BCUT2D eigenvalue weighted by molar-refractivity contribution is -0.755. The number of tetrazole rings is 1. The third-order valence-electron chi connectivity index (χ3n) is 6.82. The Morgan fingerprint density at radius 3 is 3.04 bits per heavy atom. The summed E-state index contributed by atoms with van der Waals surface area (Å²) in [6.45, 7) is 9.31. The van der Waals surface area contributed by atoms with Crippen molar-refractivity contribution >= 4 is 5.91 Å². The van der Waals surface area contributed by atoms with Crippen molar-refractivity contribution < 1.29 is 13.9 Å². The van der Waals surface area contributed by atoms with E-state index < -0.39 is 12.2 Å². The lowest BCUT2D eigenvalue weighted by Gasteiger charge is -2.43. The summed E-state index contributed by atoms with van der Waals surface area (Å²) in [5, 5.41) is 22.9. The van der Waals surface area contributed by atoms with Crippen molar-refractivity contribution in [3.63, 3.8) is 0 Å². The van der Waals surface area contributed by atoms with E-state index in [0.29, 0.717) is 5.92 Å². The molecule has 1 saturated carbocycles. The van der Waals surface area contributed by atoms with Crippen LogP contribution in [-0.4, -0.2) is 57.2 Å². The highest BCUT2D eigenvalue weighted by atomic mass is 19.1. The van der Waals surface area contributed by atoms with Crippen molar-refractivity contribution in [3.8, 4) is 6.07 Å². The third kappa shape index (κ3) is 3.65. The van der Waals surface area contributed by atoms with E-state index in [1.165, 1.54) is 4.90 Å². The van der Waals surface area contributed by atoms with E-state index >= 15 is 0 Å². The van der Waals surface area contributed by atoms with Gasteiger partial charge in [-0.1, -0.05) is 25.1 Å². The van der Waals surface area contributed by atoms with Crippen LogP contribution in [0.1, 0.15) is 39.5 Å². The molecule has 9 heteroatoms. The largest absolute Gasteiger partial charge is 0.323 e. The average Bonchev–Trinajstić information content (AvgIpc) is 3.37. The smallest absolute Gasteiger partial charge is 0.288 e. The highest BCUT2D eigenvalue weighted by molar-refractivity contribution is 5.79. The Bertz CT molecular complexity index is 744. The van der Waals surface area contributed by atoms with Crippen LogP contribution in [0.3, 0.4) is 0 Å². The van der Waals surface area contributed by atoms with Crippen molar-refractivity contribution in [1.82, 2.24) is 25.7 Å². The molecular weight excluding hydrogens is 361 g/mol. The number of hydrogen-bond donors (Lipinski definition) is 2. The second kappa shape index (κ2) is 7.95. The molecule has 3 rings (SSSR count). The van der Waals surface area contributed by atoms with Crippen molar-refractivity contribution in [2.45, 2.75) is 63.8 Å². The summed E-state index contributed by atoms with van der Waals surface area (Å²) in [5.41, 5.74) is -0.507. The van der Waals surface area contributed by atoms with Gasteiger partial charge in [0.2, 0.25) is 5.91 Å². The maximum absolute atomic E-state index is 13.6. The molecule has 0 aromatic carbocycles. The number of nitriles is 1. The monoisotopic (exact) mass is 390 g/mol. The molecule has 2 aliphatic rings. The van der Waals surface area contributed by atoms with Crippen LogP contribution >= 0.6 is 0 Å². The Kier molecular flexibility index (Phi) is 5.79. The van der Waals surface area contributed by atoms with Crippen LogP contribution in [0.4, 0.5) is 4.39 Å². The second-order valence-electron chi connectivity index (χ2n) is 8.42. The number of aromatic nitrogens is 4. The van der Waals surface area contributed by atoms with E-state index in [4.69, 9.17) is 0 Å². The number of carbonyl (C=O) groups is 1. The molecular formula is C19H29FN7O+. The van der Waals surface area contributed by atoms with Crippen molar-refractivity contribution in [2.75, 3.05) is 13.1 Å². The molecule has 2 N–H and O–H groups in total. The maximum atomic E-state index is 13.6. The molecule has 8 nitrogen and oxygen atoms in total. The van der Waals surface area contributed by atoms with Crippen molar-refractivity contribution in [3.05, 3.63) is 19.0 Å². The van der Waals surface area contributed by atoms with Crippen LogP contribution in [0, 0.1) is 22.7 Å². The molecule has 2 heterocycles. The molecule has 1 aromatic heterocycles. The second-order valence-corrected chi connectivity index (χ2v) is 8.42. The van der Waals surface area contributed by atoms with Gasteiger partial charge in [0.05, 0.1) is 25.7 Å². The van der Waals surface area contributed by atoms with Gasteiger partial charge in [0, 0.05) is 12.0 Å². The van der Waals surface area contributed by atoms with Crippen LogP contribution in [0.15, 0.2) is 19.0 Å². The Hall–Kier alpha value is -2.34. The van der Waals surface area contributed by atoms with Gasteiger partial charge in [0.25, 0.3) is 6.33 Å². The van der Waals surface area contributed by atoms with E-state index in [9.17, 15) is 14.4 Å². The topological polar surface area (TPSA) is 102 Å². The van der Waals surface area contributed by atoms with Gasteiger partial charge in [-0.2, -0.15) is 9.94 Å². The van der Waals surface area contributed by atoms with Crippen molar-refractivity contribution in [2.24, 2.45) is 11.3 Å². The van der Waals surface area contributed by atoms with Crippen molar-refractivity contribution in [1.29, 1.82) is 5.26 Å². The summed E-state index contributed by atoms with van der Waals surface area (Å²) in [5.74, 6) is 0.198. The van der Waals surface area contributed by atoms with Crippen LogP contribution < -0.4 is 10.00 Å². The van der Waals surface area contributed by atoms with Gasteiger partial charge in [-0.25, -0.2) is 4.39 Å². The highest BCUT2D eigenvalue weighted by Crippen LogP contribution is 2.52. The first-order chi connectivity index (χ1) is 13.3. The number of carbonyl (C=O) groups excluding carboxylic acids is 1. The predicted octanol–water partition coefficient (Wildman–Crippen LogP) is 0.895. The Labute approximate surface area is 164 Å². The number of hydrogen-bond acceptors (Lipinski definition) is 5. The Morgan fingerprint density at radius 1 is 1.61 bits per heavy atom. The zero-order valence-electron chi connectivity index (χ0n) is 16.6. The average molecular weight is 390 g/mol. The maximum Gasteiger partial charge on any atom is 0.288 e. The number of nitrogens with one attached hydrogen (secondary N) is 2. The van der Waals surface area contributed by atoms with Gasteiger partial charge in [-0.05, 0) is 30.6 Å². The number of amides is 1. The normalized spacial score (nSPS) is 31.6. The number of rotatable bonds is 7. The molecule has 0 radical (unpaired) electrons. The lowest BCUT2D eigenvalue weighted by atomic mass is 9.69. The van der Waals surface area contributed by atoms with Gasteiger partial charge in [-0.3, -0.25) is 10.1 Å². The van der Waals surface area contributed by atoms with Crippen LogP contribution in [0.5, 0.6) is 0 Å². The fourth-order valence-corrected chi connectivity index (χ4v) is 4.83. The van der Waals surface area contributed by atoms with E-state index in [0.717, 1.165) is 25.8 Å². The number of halogens is 1. The molecule has 0 unspecified atom stereocenters. The summed E-state index contributed by atoms with van der Waals surface area (Å²) in [6.07, 6.45) is 5.40. The minimum absolute atomic E-state index is 0.00128. The summed E-state index contributed by atoms with van der Waals surface area (Å²) in [4.78, 5) is 14.0. The molecule has 1 saturated heterocycles. The SMILES string of the molecule is C=C[C@@]1(NCC(=O)N2C[C@@H](F)C[C@H]2C#N)CC[C@H](CC[n+]2cnn[nH]2)C1(C)C. The highest BCUT2D eigenvalue weighted by Gasteiger charge is 2.52. The van der Waals surface area contributed by atoms with Gasteiger partial charge < -0.3 is 4.90 Å². The molecule has 28 heavy (non-hydrogen) atoms. The molecule has 1 aliphatic heterocycles. The number of likely N-dealkylation sites (tertiary alicyclic amines) is 1. The summed E-state index contributed by atoms with van der Waals surface area (Å²) in [6, 6.07) is 1.36. The molecule has 1 aromatic rings. The fourth-order valence-electron chi connectivity index (χ4n) is 4.83. The number of alkyl halides is 1. The Balaban J connectivity index is 1.63. The van der Waals surface area contributed by atoms with E-state index in [2.05, 4.69) is 41.3 Å². The molecule has 4 atom stereocenters. The molecule has 152 valence electrons. The minimum atomic E-state index is -1.12. The van der Waals surface area contributed by atoms with Gasteiger partial charge >= 0.3 is 0 Å². The number of aryl methyl sites for hydroxylation is 1. The van der Waals surface area contributed by atoms with Crippen LogP contribution in [0.2, 0.25) is 0 Å². The molecule has 1 aliphatic carbocycles.